The molecule has 0 spiro atoms. The number of alkyl halides is 3. The van der Waals surface area contributed by atoms with E-state index >= 15 is 0 Å². The van der Waals surface area contributed by atoms with Crippen molar-refractivity contribution in [2.45, 2.75) is 52.4 Å². The first-order valence-electron chi connectivity index (χ1n) is 13.3. The molecule has 2 aliphatic rings. The number of halogens is 4. The molecule has 0 bridgehead atoms. The Hall–Kier alpha value is -3.28. The standard InChI is InChI=1S/C19H28FN3.C11H14F3N.C2H2/c1-13-9-17(16-5-7-21-8-6-16)18(20)10-19(13)23-11-14(2)22(4)15(3)12-23;1-5-6-10(11(12,13)14)9(7-15-4)8(2)3;1-2/h5,9-10,14-15,21H,6-8,11-12H2,1-4H3;5-7,15H,1-2H2,3-4H3;1-2H/b;9-7-,10-6+;. The van der Waals surface area contributed by atoms with Gasteiger partial charge in [0.1, 0.15) is 5.82 Å². The van der Waals surface area contributed by atoms with E-state index in [1.54, 1.807) is 6.07 Å². The van der Waals surface area contributed by atoms with Gasteiger partial charge >= 0.3 is 6.18 Å². The summed E-state index contributed by atoms with van der Waals surface area (Å²) in [5.41, 5.74) is 3.76. The minimum atomic E-state index is -4.41. The van der Waals surface area contributed by atoms with Crippen molar-refractivity contribution < 1.29 is 17.6 Å². The first kappa shape index (κ1) is 34.7. The van der Waals surface area contributed by atoms with Crippen LogP contribution in [0.3, 0.4) is 0 Å². The summed E-state index contributed by atoms with van der Waals surface area (Å²) in [5, 5.41) is 5.85. The van der Waals surface area contributed by atoms with E-state index in [0.29, 0.717) is 17.7 Å². The first-order valence-corrected chi connectivity index (χ1v) is 13.3. The van der Waals surface area contributed by atoms with Crippen LogP contribution in [0.2, 0.25) is 0 Å². The van der Waals surface area contributed by atoms with Crippen LogP contribution < -0.4 is 15.5 Å². The third-order valence-corrected chi connectivity index (χ3v) is 7.02. The molecule has 8 heteroatoms. The van der Waals surface area contributed by atoms with E-state index in [2.05, 4.69) is 80.3 Å². The van der Waals surface area contributed by atoms with Gasteiger partial charge in [-0.3, -0.25) is 4.90 Å². The highest BCUT2D eigenvalue weighted by atomic mass is 19.4. The highest BCUT2D eigenvalue weighted by molar-refractivity contribution is 5.71. The number of hydrogen-bond acceptors (Lipinski definition) is 4. The third kappa shape index (κ3) is 9.42. The Labute approximate surface area is 238 Å². The molecule has 1 aromatic carbocycles. The monoisotopic (exact) mass is 560 g/mol. The number of anilines is 1. The van der Waals surface area contributed by atoms with Gasteiger partial charge in [-0.25, -0.2) is 4.39 Å². The van der Waals surface area contributed by atoms with E-state index in [9.17, 15) is 17.6 Å². The quantitative estimate of drug-likeness (QED) is 0.232. The molecule has 1 fully saturated rings. The molecule has 0 radical (unpaired) electrons. The number of likely N-dealkylation sites (N-methyl/N-ethyl adjacent to an activating group) is 1. The number of rotatable bonds is 6. The molecule has 0 amide bonds. The number of aryl methyl sites for hydroxylation is 1. The second kappa shape index (κ2) is 16.1. The maximum atomic E-state index is 14.7. The van der Waals surface area contributed by atoms with Crippen LogP contribution in [0.25, 0.3) is 5.57 Å². The average molecular weight is 561 g/mol. The summed E-state index contributed by atoms with van der Waals surface area (Å²) >= 11 is 0. The summed E-state index contributed by atoms with van der Waals surface area (Å²) in [7, 11) is 3.71. The fourth-order valence-electron chi connectivity index (χ4n) is 4.76. The van der Waals surface area contributed by atoms with Crippen molar-refractivity contribution in [3.05, 3.63) is 83.4 Å². The number of allylic oxidation sites excluding steroid dienone is 5. The molecule has 4 nitrogen and oxygen atoms in total. The first-order chi connectivity index (χ1) is 18.8. The van der Waals surface area contributed by atoms with Crippen LogP contribution in [-0.4, -0.2) is 63.4 Å². The highest BCUT2D eigenvalue weighted by Crippen LogP contribution is 2.34. The lowest BCUT2D eigenvalue weighted by molar-refractivity contribution is -0.0891. The van der Waals surface area contributed by atoms with Gasteiger partial charge in [-0.1, -0.05) is 25.3 Å². The lowest BCUT2D eigenvalue weighted by Gasteiger charge is -2.44. The maximum Gasteiger partial charge on any atom is 0.417 e. The fourth-order valence-corrected chi connectivity index (χ4v) is 4.76. The van der Waals surface area contributed by atoms with Crippen molar-refractivity contribution in [1.29, 1.82) is 0 Å². The topological polar surface area (TPSA) is 30.5 Å². The van der Waals surface area contributed by atoms with Crippen molar-refractivity contribution in [3.8, 4) is 12.8 Å². The van der Waals surface area contributed by atoms with Gasteiger partial charge in [0.2, 0.25) is 0 Å². The Bertz CT molecular complexity index is 1120. The smallest absolute Gasteiger partial charge is 0.393 e. The highest BCUT2D eigenvalue weighted by Gasteiger charge is 2.35. The van der Waals surface area contributed by atoms with Crippen LogP contribution in [0.15, 0.2) is 66.4 Å². The molecule has 2 N–H and O–H groups in total. The van der Waals surface area contributed by atoms with Crippen molar-refractivity contribution in [1.82, 2.24) is 15.5 Å². The zero-order valence-electron chi connectivity index (χ0n) is 24.6. The van der Waals surface area contributed by atoms with Gasteiger partial charge in [-0.15, -0.1) is 12.8 Å². The number of terminal acetylenes is 1. The van der Waals surface area contributed by atoms with Gasteiger partial charge in [-0.05, 0) is 82.6 Å². The van der Waals surface area contributed by atoms with E-state index < -0.39 is 11.7 Å². The molecule has 220 valence electrons. The van der Waals surface area contributed by atoms with Gasteiger partial charge in [0.25, 0.3) is 0 Å². The van der Waals surface area contributed by atoms with E-state index in [1.165, 1.54) is 25.7 Å². The second-order valence-corrected chi connectivity index (χ2v) is 10.0. The minimum absolute atomic E-state index is 0.0323. The van der Waals surface area contributed by atoms with Gasteiger partial charge in [0, 0.05) is 61.8 Å². The average Bonchev–Trinajstić information content (AvgIpc) is 2.91. The SMILES string of the molecule is C#C.C=C/C=C(\C(=C/NC)C(=C)C)C(F)(F)F.Cc1cc(C2=CCNCC2)c(F)cc1N1CC(C)N(C)C(C)C1. The van der Waals surface area contributed by atoms with E-state index in [1.807, 2.05) is 6.07 Å². The number of benzene rings is 1. The Morgan fingerprint density at radius 3 is 2.23 bits per heavy atom. The normalized spacial score (nSPS) is 20.3. The van der Waals surface area contributed by atoms with Gasteiger partial charge in [-0.2, -0.15) is 13.2 Å². The fraction of sp³-hybridized carbons (Fsp3) is 0.438. The molecule has 2 aliphatic heterocycles. The molecule has 3 rings (SSSR count). The molecule has 40 heavy (non-hydrogen) atoms. The molecule has 0 aromatic heterocycles. The molecule has 2 unspecified atom stereocenters. The Morgan fingerprint density at radius 2 is 1.77 bits per heavy atom. The summed E-state index contributed by atoms with van der Waals surface area (Å²) in [5.74, 6) is -0.0852. The van der Waals surface area contributed by atoms with Crippen LogP contribution in [0.4, 0.5) is 23.2 Å². The lowest BCUT2D eigenvalue weighted by atomic mass is 9.96. The summed E-state index contributed by atoms with van der Waals surface area (Å²) < 4.78 is 52.6. The van der Waals surface area contributed by atoms with Crippen molar-refractivity contribution in [2.75, 3.05) is 45.2 Å². The van der Waals surface area contributed by atoms with Crippen molar-refractivity contribution in [3.63, 3.8) is 0 Å². The molecule has 1 aromatic rings. The predicted octanol–water partition coefficient (Wildman–Crippen LogP) is 6.63. The summed E-state index contributed by atoms with van der Waals surface area (Å²) in [6.07, 6.45) is 9.91. The van der Waals surface area contributed by atoms with Gasteiger partial charge in [0.05, 0.1) is 5.57 Å². The largest absolute Gasteiger partial charge is 0.417 e. The molecular formula is C32H44F4N4. The van der Waals surface area contributed by atoms with Crippen LogP contribution >= 0.6 is 0 Å². The molecule has 0 aliphatic carbocycles. The zero-order valence-corrected chi connectivity index (χ0v) is 24.6. The predicted molar refractivity (Wildman–Crippen MR) is 162 cm³/mol. The third-order valence-electron chi connectivity index (χ3n) is 7.02. The van der Waals surface area contributed by atoms with Crippen molar-refractivity contribution >= 4 is 11.3 Å². The Balaban J connectivity index is 0.000000411. The number of nitrogens with zero attached hydrogens (tertiary/aromatic N) is 2. The van der Waals surface area contributed by atoms with E-state index in [0.717, 1.165) is 61.6 Å². The van der Waals surface area contributed by atoms with Crippen LogP contribution in [0.1, 0.15) is 38.3 Å². The van der Waals surface area contributed by atoms with E-state index in [-0.39, 0.29) is 11.4 Å². The van der Waals surface area contributed by atoms with E-state index in [4.69, 9.17) is 0 Å². The Kier molecular flexibility index (Phi) is 14.0. The summed E-state index contributed by atoms with van der Waals surface area (Å²) in [6, 6.07) is 4.74. The van der Waals surface area contributed by atoms with Crippen LogP contribution in [0, 0.1) is 25.6 Å². The van der Waals surface area contributed by atoms with Gasteiger partial charge < -0.3 is 15.5 Å². The molecule has 2 atom stereocenters. The molecule has 1 saturated heterocycles. The molecular weight excluding hydrogens is 516 g/mol. The van der Waals surface area contributed by atoms with Crippen molar-refractivity contribution in [2.24, 2.45) is 0 Å². The number of piperazine rings is 1. The van der Waals surface area contributed by atoms with Crippen LogP contribution in [-0.2, 0) is 0 Å². The molecule has 0 saturated carbocycles. The zero-order chi connectivity index (χ0) is 30.6. The Morgan fingerprint density at radius 1 is 1.18 bits per heavy atom. The second-order valence-electron chi connectivity index (χ2n) is 10.0. The summed E-state index contributed by atoms with van der Waals surface area (Å²) in [4.78, 5) is 4.74. The number of hydrogen-bond donors (Lipinski definition) is 2. The minimum Gasteiger partial charge on any atom is -0.393 e. The lowest BCUT2D eigenvalue weighted by Crippen LogP contribution is -2.55. The van der Waals surface area contributed by atoms with Gasteiger partial charge in [0.15, 0.2) is 0 Å². The number of nitrogens with one attached hydrogen (secondary N) is 2. The molecule has 2 heterocycles. The summed E-state index contributed by atoms with van der Waals surface area (Å²) in [6.45, 7) is 18.5. The maximum absolute atomic E-state index is 14.7. The van der Waals surface area contributed by atoms with Crippen LogP contribution in [0.5, 0.6) is 0 Å².